The molecule has 2 aromatic carbocycles. The standard InChI is InChI=1S/C17H15N3O3S/c18-11-12-4-6-15(7-5-12)20-24(22,23)16-3-1-2-13(10-16)17(21)19-14-8-9-14/h1-7,10,14,20H,8-9H2,(H,19,21). The van der Waals surface area contributed by atoms with Crippen LogP contribution in [0.25, 0.3) is 0 Å². The largest absolute Gasteiger partial charge is 0.349 e. The maximum atomic E-state index is 12.5. The van der Waals surface area contributed by atoms with Crippen LogP contribution in [0.3, 0.4) is 0 Å². The molecule has 0 saturated heterocycles. The number of benzene rings is 2. The van der Waals surface area contributed by atoms with E-state index in [4.69, 9.17) is 5.26 Å². The number of anilines is 1. The second kappa shape index (κ2) is 6.34. The van der Waals surface area contributed by atoms with Crippen molar-refractivity contribution < 1.29 is 13.2 Å². The van der Waals surface area contributed by atoms with Gasteiger partial charge >= 0.3 is 0 Å². The van der Waals surface area contributed by atoms with E-state index < -0.39 is 10.0 Å². The van der Waals surface area contributed by atoms with Crippen molar-refractivity contribution in [3.8, 4) is 6.07 Å². The molecule has 1 aliphatic carbocycles. The zero-order valence-electron chi connectivity index (χ0n) is 12.7. The van der Waals surface area contributed by atoms with Crippen molar-refractivity contribution in [1.29, 1.82) is 5.26 Å². The summed E-state index contributed by atoms with van der Waals surface area (Å²) in [6, 6.07) is 14.1. The van der Waals surface area contributed by atoms with Crippen LogP contribution in [-0.2, 0) is 10.0 Å². The van der Waals surface area contributed by atoms with Crippen LogP contribution < -0.4 is 10.0 Å². The molecule has 0 spiro atoms. The molecule has 1 aliphatic rings. The topological polar surface area (TPSA) is 99.1 Å². The van der Waals surface area contributed by atoms with Crippen molar-refractivity contribution in [3.05, 3.63) is 59.7 Å². The van der Waals surface area contributed by atoms with Crippen LogP contribution in [0.1, 0.15) is 28.8 Å². The fourth-order valence-electron chi connectivity index (χ4n) is 2.13. The number of hydrogen-bond acceptors (Lipinski definition) is 4. The summed E-state index contributed by atoms with van der Waals surface area (Å²) in [7, 11) is -3.81. The fourth-order valence-corrected chi connectivity index (χ4v) is 3.23. The first-order valence-electron chi connectivity index (χ1n) is 7.42. The highest BCUT2D eigenvalue weighted by atomic mass is 32.2. The molecule has 0 heterocycles. The van der Waals surface area contributed by atoms with Crippen molar-refractivity contribution in [2.24, 2.45) is 0 Å². The molecule has 1 saturated carbocycles. The van der Waals surface area contributed by atoms with Crippen molar-refractivity contribution >= 4 is 21.6 Å². The van der Waals surface area contributed by atoms with Crippen LogP contribution in [0.2, 0.25) is 0 Å². The Labute approximate surface area is 140 Å². The maximum absolute atomic E-state index is 12.5. The molecule has 6 nitrogen and oxygen atoms in total. The lowest BCUT2D eigenvalue weighted by atomic mass is 10.2. The van der Waals surface area contributed by atoms with Gasteiger partial charge in [-0.05, 0) is 55.3 Å². The molecule has 122 valence electrons. The van der Waals surface area contributed by atoms with Gasteiger partial charge in [0.15, 0.2) is 0 Å². The van der Waals surface area contributed by atoms with E-state index in [9.17, 15) is 13.2 Å². The fraction of sp³-hybridized carbons (Fsp3) is 0.176. The van der Waals surface area contributed by atoms with E-state index in [1.807, 2.05) is 6.07 Å². The van der Waals surface area contributed by atoms with Crippen molar-refractivity contribution in [1.82, 2.24) is 5.32 Å². The molecular weight excluding hydrogens is 326 g/mol. The molecule has 1 fully saturated rings. The van der Waals surface area contributed by atoms with E-state index in [-0.39, 0.29) is 16.8 Å². The molecule has 2 N–H and O–H groups in total. The molecule has 0 unspecified atom stereocenters. The molecule has 0 bridgehead atoms. The summed E-state index contributed by atoms with van der Waals surface area (Å²) in [5.74, 6) is -0.270. The minimum absolute atomic E-state index is 0.00954. The zero-order chi connectivity index (χ0) is 17.2. The first-order chi connectivity index (χ1) is 11.5. The van der Waals surface area contributed by atoms with Gasteiger partial charge in [-0.1, -0.05) is 6.07 Å². The number of carbonyl (C=O) groups is 1. The van der Waals surface area contributed by atoms with Crippen LogP contribution in [0.15, 0.2) is 53.4 Å². The Morgan fingerprint density at radius 1 is 1.12 bits per heavy atom. The molecule has 3 rings (SSSR count). The van der Waals surface area contributed by atoms with Gasteiger partial charge in [0.1, 0.15) is 0 Å². The van der Waals surface area contributed by atoms with Gasteiger partial charge in [-0.3, -0.25) is 9.52 Å². The molecule has 0 atom stereocenters. The van der Waals surface area contributed by atoms with E-state index in [0.29, 0.717) is 16.8 Å². The predicted octanol–water partition coefficient (Wildman–Crippen LogP) is 2.25. The van der Waals surface area contributed by atoms with Crippen molar-refractivity contribution in [3.63, 3.8) is 0 Å². The first kappa shape index (κ1) is 16.0. The van der Waals surface area contributed by atoms with E-state index in [1.165, 1.54) is 42.5 Å². The second-order valence-corrected chi connectivity index (χ2v) is 7.25. The Morgan fingerprint density at radius 3 is 2.46 bits per heavy atom. The van der Waals surface area contributed by atoms with E-state index in [0.717, 1.165) is 12.8 Å². The smallest absolute Gasteiger partial charge is 0.261 e. The Hall–Kier alpha value is -2.85. The van der Waals surface area contributed by atoms with E-state index in [2.05, 4.69) is 10.0 Å². The Bertz CT molecular complexity index is 911. The number of rotatable bonds is 5. The summed E-state index contributed by atoms with van der Waals surface area (Å²) in [6.07, 6.45) is 1.92. The third-order valence-corrected chi connectivity index (χ3v) is 4.96. The molecule has 7 heteroatoms. The molecule has 24 heavy (non-hydrogen) atoms. The summed E-state index contributed by atoms with van der Waals surface area (Å²) in [4.78, 5) is 12.1. The minimum atomic E-state index is -3.81. The third-order valence-electron chi connectivity index (χ3n) is 3.59. The van der Waals surface area contributed by atoms with Gasteiger partial charge in [-0.15, -0.1) is 0 Å². The van der Waals surface area contributed by atoms with Gasteiger partial charge in [0.2, 0.25) is 0 Å². The van der Waals surface area contributed by atoms with Crippen molar-refractivity contribution in [2.45, 2.75) is 23.8 Å². The zero-order valence-corrected chi connectivity index (χ0v) is 13.5. The van der Waals surface area contributed by atoms with Crippen molar-refractivity contribution in [2.75, 3.05) is 4.72 Å². The van der Waals surface area contributed by atoms with Gasteiger partial charge in [0, 0.05) is 17.3 Å². The van der Waals surface area contributed by atoms with Crippen LogP contribution in [-0.4, -0.2) is 20.4 Å². The van der Waals surface area contributed by atoms with E-state index in [1.54, 1.807) is 6.07 Å². The lowest BCUT2D eigenvalue weighted by Gasteiger charge is -2.09. The number of carbonyl (C=O) groups excluding carboxylic acids is 1. The van der Waals surface area contributed by atoms with Crippen LogP contribution in [0.4, 0.5) is 5.69 Å². The Balaban J connectivity index is 1.80. The molecule has 0 radical (unpaired) electrons. The predicted molar refractivity (Wildman–Crippen MR) is 88.9 cm³/mol. The SMILES string of the molecule is N#Cc1ccc(NS(=O)(=O)c2cccc(C(=O)NC3CC3)c2)cc1. The molecular formula is C17H15N3O3S. The lowest BCUT2D eigenvalue weighted by Crippen LogP contribution is -2.25. The van der Waals surface area contributed by atoms with Crippen LogP contribution in [0.5, 0.6) is 0 Å². The van der Waals surface area contributed by atoms with Gasteiger partial charge in [0.25, 0.3) is 15.9 Å². The highest BCUT2D eigenvalue weighted by Crippen LogP contribution is 2.21. The Kier molecular flexibility index (Phi) is 4.23. The highest BCUT2D eigenvalue weighted by molar-refractivity contribution is 7.92. The number of nitrogens with one attached hydrogen (secondary N) is 2. The number of hydrogen-bond donors (Lipinski definition) is 2. The van der Waals surface area contributed by atoms with Crippen LogP contribution >= 0.6 is 0 Å². The number of sulfonamides is 1. The summed E-state index contributed by atoms with van der Waals surface area (Å²) >= 11 is 0. The van der Waals surface area contributed by atoms with Crippen LogP contribution in [0, 0.1) is 11.3 Å². The Morgan fingerprint density at radius 2 is 1.83 bits per heavy atom. The average Bonchev–Trinajstić information content (AvgIpc) is 3.39. The number of nitrogens with zero attached hydrogens (tertiary/aromatic N) is 1. The maximum Gasteiger partial charge on any atom is 0.261 e. The third kappa shape index (κ3) is 3.73. The van der Waals surface area contributed by atoms with Gasteiger partial charge in [-0.2, -0.15) is 5.26 Å². The summed E-state index contributed by atoms with van der Waals surface area (Å²) in [5, 5.41) is 11.6. The average molecular weight is 341 g/mol. The summed E-state index contributed by atoms with van der Waals surface area (Å²) in [6.45, 7) is 0. The number of amides is 1. The summed E-state index contributed by atoms with van der Waals surface area (Å²) < 4.78 is 27.4. The second-order valence-electron chi connectivity index (χ2n) is 5.57. The quantitative estimate of drug-likeness (QED) is 0.871. The van der Waals surface area contributed by atoms with Gasteiger partial charge in [-0.25, -0.2) is 8.42 Å². The molecule has 0 aromatic heterocycles. The number of nitriles is 1. The minimum Gasteiger partial charge on any atom is -0.349 e. The highest BCUT2D eigenvalue weighted by Gasteiger charge is 2.24. The summed E-state index contributed by atoms with van der Waals surface area (Å²) in [5.41, 5.74) is 1.10. The molecule has 0 aliphatic heterocycles. The lowest BCUT2D eigenvalue weighted by molar-refractivity contribution is 0.0951. The molecule has 1 amide bonds. The molecule has 2 aromatic rings. The van der Waals surface area contributed by atoms with Gasteiger partial charge in [0.05, 0.1) is 16.5 Å². The first-order valence-corrected chi connectivity index (χ1v) is 8.90. The van der Waals surface area contributed by atoms with Gasteiger partial charge < -0.3 is 5.32 Å². The monoisotopic (exact) mass is 341 g/mol. The van der Waals surface area contributed by atoms with E-state index >= 15 is 0 Å². The normalized spacial score (nSPS) is 13.8.